The van der Waals surface area contributed by atoms with Crippen LogP contribution in [0.3, 0.4) is 0 Å². The summed E-state index contributed by atoms with van der Waals surface area (Å²) in [7, 11) is 1.62. The lowest BCUT2D eigenvalue weighted by Crippen LogP contribution is -2.32. The molecule has 0 aliphatic rings. The van der Waals surface area contributed by atoms with E-state index in [1.165, 1.54) is 0 Å². The third-order valence-electron chi connectivity index (χ3n) is 4.87. The van der Waals surface area contributed by atoms with Crippen LogP contribution in [0.5, 0.6) is 5.75 Å². The second-order valence-corrected chi connectivity index (χ2v) is 6.89. The first-order valence-electron chi connectivity index (χ1n) is 9.37. The lowest BCUT2D eigenvalue weighted by Gasteiger charge is -2.20. The van der Waals surface area contributed by atoms with Gasteiger partial charge in [-0.3, -0.25) is 4.79 Å². The zero-order valence-corrected chi connectivity index (χ0v) is 16.6. The van der Waals surface area contributed by atoms with Crippen LogP contribution in [-0.4, -0.2) is 23.2 Å². The molecular weight excluding hydrogens is 354 g/mol. The van der Waals surface area contributed by atoms with Gasteiger partial charge in [0.25, 0.3) is 5.91 Å². The Hall–Kier alpha value is -3.15. The molecule has 2 atom stereocenters. The number of nitrogens with zero attached hydrogens (tertiary/aromatic N) is 2. The first-order valence-corrected chi connectivity index (χ1v) is 9.37. The maximum atomic E-state index is 12.7. The summed E-state index contributed by atoms with van der Waals surface area (Å²) in [5.41, 5.74) is 2.54. The van der Waals surface area contributed by atoms with Crippen LogP contribution in [0.2, 0.25) is 0 Å². The number of carbonyl (C=O) groups is 1. The van der Waals surface area contributed by atoms with Crippen molar-refractivity contribution in [1.29, 1.82) is 0 Å². The predicted molar refractivity (Wildman–Crippen MR) is 107 cm³/mol. The van der Waals surface area contributed by atoms with Gasteiger partial charge < -0.3 is 14.6 Å². The maximum absolute atomic E-state index is 12.7. The van der Waals surface area contributed by atoms with Crippen molar-refractivity contribution >= 4 is 5.91 Å². The van der Waals surface area contributed by atoms with Crippen molar-refractivity contribution in [2.75, 3.05) is 7.11 Å². The highest BCUT2D eigenvalue weighted by Crippen LogP contribution is 2.27. The van der Waals surface area contributed by atoms with E-state index in [2.05, 4.69) is 29.3 Å². The Morgan fingerprint density at radius 3 is 2.43 bits per heavy atom. The highest BCUT2D eigenvalue weighted by molar-refractivity contribution is 5.94. The number of ether oxygens (including phenoxy) is 1. The average Bonchev–Trinajstić information content (AvgIpc) is 3.21. The summed E-state index contributed by atoms with van der Waals surface area (Å²) in [6.07, 6.45) is 0.860. The van der Waals surface area contributed by atoms with E-state index >= 15 is 0 Å². The van der Waals surface area contributed by atoms with Crippen molar-refractivity contribution < 1.29 is 14.1 Å². The van der Waals surface area contributed by atoms with Crippen molar-refractivity contribution in [2.45, 2.75) is 33.2 Å². The molecule has 1 N–H and O–H groups in total. The standard InChI is InChI=1S/C22H25N3O3/c1-5-15(3)19(23-21(26)17-8-6-14(2)7-9-17)22-24-20(25-28-22)16-10-12-18(27-4)13-11-16/h6-13,15,19H,5H2,1-4H3,(H,23,26). The van der Waals surface area contributed by atoms with Crippen LogP contribution < -0.4 is 10.1 Å². The Kier molecular flexibility index (Phi) is 6.09. The molecule has 0 spiro atoms. The maximum Gasteiger partial charge on any atom is 0.251 e. The van der Waals surface area contributed by atoms with E-state index in [0.717, 1.165) is 23.3 Å². The molecule has 1 aromatic heterocycles. The number of hydrogen-bond acceptors (Lipinski definition) is 5. The molecule has 3 aromatic rings. The third-order valence-corrected chi connectivity index (χ3v) is 4.87. The van der Waals surface area contributed by atoms with Gasteiger partial charge in [-0.25, -0.2) is 0 Å². The van der Waals surface area contributed by atoms with Crippen LogP contribution in [0.25, 0.3) is 11.4 Å². The van der Waals surface area contributed by atoms with Gasteiger partial charge in [-0.15, -0.1) is 0 Å². The van der Waals surface area contributed by atoms with Gasteiger partial charge >= 0.3 is 0 Å². The van der Waals surface area contributed by atoms with Crippen LogP contribution in [0.4, 0.5) is 0 Å². The summed E-state index contributed by atoms with van der Waals surface area (Å²) in [6, 6.07) is 14.5. The second kappa shape index (κ2) is 8.69. The molecule has 28 heavy (non-hydrogen) atoms. The van der Waals surface area contributed by atoms with Gasteiger partial charge in [-0.1, -0.05) is 43.1 Å². The summed E-state index contributed by atoms with van der Waals surface area (Å²) in [6.45, 7) is 6.11. The fourth-order valence-corrected chi connectivity index (χ4v) is 2.83. The van der Waals surface area contributed by atoms with Crippen LogP contribution in [0.15, 0.2) is 53.1 Å². The first kappa shape index (κ1) is 19.6. The lowest BCUT2D eigenvalue weighted by molar-refractivity contribution is 0.0910. The minimum Gasteiger partial charge on any atom is -0.497 e. The zero-order valence-electron chi connectivity index (χ0n) is 16.6. The Labute approximate surface area is 164 Å². The van der Waals surface area contributed by atoms with Gasteiger partial charge in [0.05, 0.1) is 7.11 Å². The molecule has 3 rings (SSSR count). The Balaban J connectivity index is 1.82. The number of aromatic nitrogens is 2. The molecule has 0 aliphatic carbocycles. The van der Waals surface area contributed by atoms with Crippen molar-refractivity contribution in [2.24, 2.45) is 5.92 Å². The number of amides is 1. The molecule has 2 unspecified atom stereocenters. The molecule has 0 aliphatic heterocycles. The summed E-state index contributed by atoms with van der Waals surface area (Å²) >= 11 is 0. The number of methoxy groups -OCH3 is 1. The smallest absolute Gasteiger partial charge is 0.251 e. The monoisotopic (exact) mass is 379 g/mol. The van der Waals surface area contributed by atoms with E-state index in [4.69, 9.17) is 9.26 Å². The van der Waals surface area contributed by atoms with Crippen molar-refractivity contribution in [3.63, 3.8) is 0 Å². The van der Waals surface area contributed by atoms with Gasteiger partial charge in [0.15, 0.2) is 0 Å². The Morgan fingerprint density at radius 1 is 1.14 bits per heavy atom. The van der Waals surface area contributed by atoms with E-state index in [1.807, 2.05) is 55.5 Å². The molecule has 0 saturated heterocycles. The average molecular weight is 379 g/mol. The highest BCUT2D eigenvalue weighted by Gasteiger charge is 2.27. The van der Waals surface area contributed by atoms with Crippen molar-refractivity contribution in [1.82, 2.24) is 15.5 Å². The number of carbonyl (C=O) groups excluding carboxylic acids is 1. The molecule has 146 valence electrons. The molecule has 0 saturated carbocycles. The summed E-state index contributed by atoms with van der Waals surface area (Å²) in [4.78, 5) is 17.2. The van der Waals surface area contributed by atoms with Crippen LogP contribution in [-0.2, 0) is 0 Å². The van der Waals surface area contributed by atoms with Gasteiger partial charge in [0, 0.05) is 11.1 Å². The van der Waals surface area contributed by atoms with Crippen LogP contribution in [0.1, 0.15) is 48.1 Å². The largest absolute Gasteiger partial charge is 0.497 e. The fraction of sp³-hybridized carbons (Fsp3) is 0.318. The molecule has 6 heteroatoms. The minimum atomic E-state index is -0.363. The van der Waals surface area contributed by atoms with Gasteiger partial charge in [0.2, 0.25) is 11.7 Å². The number of rotatable bonds is 7. The quantitative estimate of drug-likeness (QED) is 0.651. The predicted octanol–water partition coefficient (Wildman–Crippen LogP) is 4.57. The minimum absolute atomic E-state index is 0.138. The molecule has 2 aromatic carbocycles. The Morgan fingerprint density at radius 2 is 1.82 bits per heavy atom. The summed E-state index contributed by atoms with van der Waals surface area (Å²) in [5, 5.41) is 7.14. The van der Waals surface area contributed by atoms with Crippen LogP contribution >= 0.6 is 0 Å². The normalized spacial score (nSPS) is 13.0. The highest BCUT2D eigenvalue weighted by atomic mass is 16.5. The molecule has 0 fully saturated rings. The first-order chi connectivity index (χ1) is 13.5. The molecule has 0 radical (unpaired) electrons. The van der Waals surface area contributed by atoms with Crippen LogP contribution in [0, 0.1) is 12.8 Å². The van der Waals surface area contributed by atoms with E-state index in [1.54, 1.807) is 7.11 Å². The van der Waals surface area contributed by atoms with Crippen molar-refractivity contribution in [3.05, 3.63) is 65.5 Å². The fourth-order valence-electron chi connectivity index (χ4n) is 2.83. The number of hydrogen-bond donors (Lipinski definition) is 1. The van der Waals surface area contributed by atoms with E-state index in [-0.39, 0.29) is 17.9 Å². The van der Waals surface area contributed by atoms with Gasteiger partial charge in [-0.05, 0) is 49.2 Å². The molecule has 0 bridgehead atoms. The van der Waals surface area contributed by atoms with E-state index in [0.29, 0.717) is 17.3 Å². The van der Waals surface area contributed by atoms with E-state index < -0.39 is 0 Å². The molecule has 1 amide bonds. The molecule has 1 heterocycles. The van der Waals surface area contributed by atoms with Crippen molar-refractivity contribution in [3.8, 4) is 17.1 Å². The van der Waals surface area contributed by atoms with E-state index in [9.17, 15) is 4.79 Å². The summed E-state index contributed by atoms with van der Waals surface area (Å²) < 4.78 is 10.7. The number of benzene rings is 2. The number of aryl methyl sites for hydroxylation is 1. The van der Waals surface area contributed by atoms with Gasteiger partial charge in [0.1, 0.15) is 11.8 Å². The zero-order chi connectivity index (χ0) is 20.1. The topological polar surface area (TPSA) is 77.2 Å². The SMILES string of the molecule is CCC(C)C(NC(=O)c1ccc(C)cc1)c1nc(-c2ccc(OC)cc2)no1. The second-order valence-electron chi connectivity index (χ2n) is 6.89. The molecular formula is C22H25N3O3. The third kappa shape index (κ3) is 4.39. The Bertz CT molecular complexity index is 917. The summed E-state index contributed by atoms with van der Waals surface area (Å²) in [5.74, 6) is 1.62. The lowest BCUT2D eigenvalue weighted by atomic mass is 9.98. The number of nitrogens with one attached hydrogen (secondary N) is 1. The van der Waals surface area contributed by atoms with Gasteiger partial charge in [-0.2, -0.15) is 4.98 Å². The molecule has 6 nitrogen and oxygen atoms in total.